The summed E-state index contributed by atoms with van der Waals surface area (Å²) >= 11 is 15.0. The minimum atomic E-state index is -0.469. The van der Waals surface area contributed by atoms with Crippen LogP contribution in [0.25, 0.3) is 0 Å². The van der Waals surface area contributed by atoms with Crippen LogP contribution in [-0.4, -0.2) is 18.7 Å². The van der Waals surface area contributed by atoms with Gasteiger partial charge in [0, 0.05) is 15.1 Å². The Morgan fingerprint density at radius 1 is 1.33 bits per heavy atom. The van der Waals surface area contributed by atoms with Crippen LogP contribution in [0.15, 0.2) is 46.0 Å². The summed E-state index contributed by atoms with van der Waals surface area (Å²) in [6.07, 6.45) is 1.40. The quantitative estimate of drug-likeness (QED) is 0.576. The minimum absolute atomic E-state index is 0.276. The van der Waals surface area contributed by atoms with Crippen molar-refractivity contribution in [3.8, 4) is 11.8 Å². The highest BCUT2D eigenvalue weighted by atomic mass is 79.9. The van der Waals surface area contributed by atoms with Crippen LogP contribution >= 0.6 is 39.1 Å². The molecule has 122 valence electrons. The van der Waals surface area contributed by atoms with Gasteiger partial charge in [0.15, 0.2) is 6.61 Å². The van der Waals surface area contributed by atoms with Crippen molar-refractivity contribution in [3.05, 3.63) is 62.0 Å². The Morgan fingerprint density at radius 2 is 2.12 bits per heavy atom. The number of carbonyl (C=O) groups is 1. The van der Waals surface area contributed by atoms with Crippen molar-refractivity contribution in [3.63, 3.8) is 0 Å². The SMILES string of the molecule is N#Cc1cc(Br)ccc1OCC(=O)N/N=C/c1ccc(Cl)cc1Cl. The van der Waals surface area contributed by atoms with Crippen LogP contribution in [0.5, 0.6) is 5.75 Å². The van der Waals surface area contributed by atoms with Crippen LogP contribution in [0.1, 0.15) is 11.1 Å². The molecule has 0 heterocycles. The molecule has 2 aromatic carbocycles. The second kappa shape index (κ2) is 8.69. The lowest BCUT2D eigenvalue weighted by Gasteiger charge is -2.07. The van der Waals surface area contributed by atoms with Crippen molar-refractivity contribution < 1.29 is 9.53 Å². The molecule has 1 N–H and O–H groups in total. The zero-order valence-electron chi connectivity index (χ0n) is 12.1. The lowest BCUT2D eigenvalue weighted by atomic mass is 10.2. The Balaban J connectivity index is 1.90. The topological polar surface area (TPSA) is 74.5 Å². The van der Waals surface area contributed by atoms with E-state index in [1.54, 1.807) is 36.4 Å². The number of benzene rings is 2. The van der Waals surface area contributed by atoms with Gasteiger partial charge in [0.2, 0.25) is 0 Å². The summed E-state index contributed by atoms with van der Waals surface area (Å²) < 4.78 is 6.06. The third-order valence-corrected chi connectivity index (χ3v) is 3.83. The number of rotatable bonds is 5. The van der Waals surface area contributed by atoms with E-state index >= 15 is 0 Å². The highest BCUT2D eigenvalue weighted by Crippen LogP contribution is 2.22. The van der Waals surface area contributed by atoms with Crippen molar-refractivity contribution in [1.82, 2.24) is 5.43 Å². The molecule has 2 aromatic rings. The van der Waals surface area contributed by atoms with Crippen molar-refractivity contribution in [2.24, 2.45) is 5.10 Å². The Morgan fingerprint density at radius 3 is 2.83 bits per heavy atom. The highest BCUT2D eigenvalue weighted by Gasteiger charge is 2.07. The molecule has 2 rings (SSSR count). The van der Waals surface area contributed by atoms with Gasteiger partial charge in [-0.15, -0.1) is 0 Å². The van der Waals surface area contributed by atoms with Crippen LogP contribution in [0.2, 0.25) is 10.0 Å². The molecule has 0 aromatic heterocycles. The standard InChI is InChI=1S/C16H10BrCl2N3O2/c17-12-2-4-15(11(5-12)7-20)24-9-16(23)22-21-8-10-1-3-13(18)6-14(10)19/h1-6,8H,9H2,(H,22,23)/b21-8+. The fraction of sp³-hybridized carbons (Fsp3) is 0.0625. The Kier molecular flexibility index (Phi) is 6.62. The molecule has 0 unspecified atom stereocenters. The van der Waals surface area contributed by atoms with Crippen molar-refractivity contribution in [2.45, 2.75) is 0 Å². The molecule has 0 aliphatic carbocycles. The van der Waals surface area contributed by atoms with Gasteiger partial charge in [-0.2, -0.15) is 10.4 Å². The number of hydrogen-bond acceptors (Lipinski definition) is 4. The van der Waals surface area contributed by atoms with Gasteiger partial charge in [-0.05, 0) is 30.3 Å². The molecule has 0 atom stereocenters. The van der Waals surface area contributed by atoms with E-state index in [2.05, 4.69) is 26.5 Å². The van der Waals surface area contributed by atoms with E-state index in [9.17, 15) is 4.79 Å². The Labute approximate surface area is 157 Å². The lowest BCUT2D eigenvalue weighted by Crippen LogP contribution is -2.24. The molecule has 0 aliphatic rings. The van der Waals surface area contributed by atoms with Gasteiger partial charge in [0.1, 0.15) is 11.8 Å². The second-order valence-corrected chi connectivity index (χ2v) is 6.26. The maximum Gasteiger partial charge on any atom is 0.277 e. The number of ether oxygens (including phenoxy) is 1. The molecule has 0 fully saturated rings. The number of carbonyl (C=O) groups excluding carboxylic acids is 1. The molecular formula is C16H10BrCl2N3O2. The fourth-order valence-corrected chi connectivity index (χ4v) is 2.49. The Bertz CT molecular complexity index is 835. The summed E-state index contributed by atoms with van der Waals surface area (Å²) in [5.41, 5.74) is 3.25. The van der Waals surface area contributed by atoms with Crippen LogP contribution < -0.4 is 10.2 Å². The first-order valence-electron chi connectivity index (χ1n) is 6.59. The number of hydrazone groups is 1. The average molecular weight is 427 g/mol. The molecule has 5 nitrogen and oxygen atoms in total. The van der Waals surface area contributed by atoms with Gasteiger partial charge in [-0.3, -0.25) is 4.79 Å². The number of nitrogens with zero attached hydrogens (tertiary/aromatic N) is 2. The van der Waals surface area contributed by atoms with Gasteiger partial charge >= 0.3 is 0 Å². The van der Waals surface area contributed by atoms with E-state index in [1.807, 2.05) is 6.07 Å². The summed E-state index contributed by atoms with van der Waals surface area (Å²) in [6.45, 7) is -0.276. The molecular weight excluding hydrogens is 417 g/mol. The average Bonchev–Trinajstić information content (AvgIpc) is 2.55. The van der Waals surface area contributed by atoms with Crippen molar-refractivity contribution >= 4 is 51.3 Å². The second-order valence-electron chi connectivity index (χ2n) is 4.50. The number of halogens is 3. The largest absolute Gasteiger partial charge is 0.482 e. The summed E-state index contributed by atoms with van der Waals surface area (Å²) in [4.78, 5) is 11.7. The van der Waals surface area contributed by atoms with Crippen LogP contribution in [0, 0.1) is 11.3 Å². The maximum absolute atomic E-state index is 11.7. The normalized spacial score (nSPS) is 10.4. The molecule has 0 radical (unpaired) electrons. The first-order chi connectivity index (χ1) is 11.5. The number of nitrogens with one attached hydrogen (secondary N) is 1. The van der Waals surface area contributed by atoms with Gasteiger partial charge < -0.3 is 4.74 Å². The Hall–Kier alpha value is -2.07. The zero-order chi connectivity index (χ0) is 17.5. The van der Waals surface area contributed by atoms with Gasteiger partial charge in [0.25, 0.3) is 5.91 Å². The molecule has 0 spiro atoms. The monoisotopic (exact) mass is 425 g/mol. The molecule has 8 heteroatoms. The smallest absolute Gasteiger partial charge is 0.277 e. The van der Waals surface area contributed by atoms with Crippen LogP contribution in [-0.2, 0) is 4.79 Å². The van der Waals surface area contributed by atoms with E-state index in [1.165, 1.54) is 6.21 Å². The number of hydrogen-bond donors (Lipinski definition) is 1. The predicted molar refractivity (Wildman–Crippen MR) is 96.6 cm³/mol. The maximum atomic E-state index is 11.7. The first-order valence-corrected chi connectivity index (χ1v) is 8.14. The molecule has 0 saturated carbocycles. The van der Waals surface area contributed by atoms with Crippen molar-refractivity contribution in [1.29, 1.82) is 5.26 Å². The van der Waals surface area contributed by atoms with Gasteiger partial charge in [0.05, 0.1) is 16.8 Å². The van der Waals surface area contributed by atoms with Crippen molar-refractivity contribution in [2.75, 3.05) is 6.61 Å². The summed E-state index contributed by atoms with van der Waals surface area (Å²) in [5.74, 6) is -0.149. The van der Waals surface area contributed by atoms with E-state index < -0.39 is 5.91 Å². The summed E-state index contributed by atoms with van der Waals surface area (Å²) in [7, 11) is 0. The van der Waals surface area contributed by atoms with E-state index in [0.717, 1.165) is 4.47 Å². The van der Waals surface area contributed by atoms with Crippen LogP contribution in [0.3, 0.4) is 0 Å². The zero-order valence-corrected chi connectivity index (χ0v) is 15.2. The lowest BCUT2D eigenvalue weighted by molar-refractivity contribution is -0.123. The highest BCUT2D eigenvalue weighted by molar-refractivity contribution is 9.10. The van der Waals surface area contributed by atoms with Gasteiger partial charge in [-0.1, -0.05) is 45.2 Å². The third-order valence-electron chi connectivity index (χ3n) is 2.78. The minimum Gasteiger partial charge on any atom is -0.482 e. The summed E-state index contributed by atoms with van der Waals surface area (Å²) in [6, 6.07) is 11.8. The number of nitriles is 1. The molecule has 0 aliphatic heterocycles. The van der Waals surface area contributed by atoms with Gasteiger partial charge in [-0.25, -0.2) is 5.43 Å². The number of amides is 1. The first kappa shape index (κ1) is 18.3. The fourth-order valence-electron chi connectivity index (χ4n) is 1.67. The molecule has 1 amide bonds. The molecule has 0 bridgehead atoms. The van der Waals surface area contributed by atoms with E-state index in [4.69, 9.17) is 33.2 Å². The molecule has 24 heavy (non-hydrogen) atoms. The predicted octanol–water partition coefficient (Wildman–Crippen LogP) is 4.16. The summed E-state index contributed by atoms with van der Waals surface area (Å²) in [5, 5.41) is 13.8. The van der Waals surface area contributed by atoms with E-state index in [0.29, 0.717) is 26.9 Å². The van der Waals surface area contributed by atoms with Crippen LogP contribution in [0.4, 0.5) is 0 Å². The third kappa shape index (κ3) is 5.24. The molecule has 0 saturated heterocycles. The van der Waals surface area contributed by atoms with E-state index in [-0.39, 0.29) is 6.61 Å².